The molecule has 0 nitrogen and oxygen atoms in total. The SMILES string of the molecule is CC1=ICC1F. The molecule has 0 spiro atoms. The van der Waals surface area contributed by atoms with Crippen LogP contribution in [0.4, 0.5) is 4.39 Å². The van der Waals surface area contributed by atoms with Crippen LogP contribution in [-0.4, -0.2) is 14.1 Å². The van der Waals surface area contributed by atoms with Crippen LogP contribution in [0.15, 0.2) is 0 Å². The van der Waals surface area contributed by atoms with E-state index in [0.29, 0.717) is 0 Å². The molecule has 1 rings (SSSR count). The lowest BCUT2D eigenvalue weighted by Crippen LogP contribution is -2.19. The monoisotopic (exact) mass is 200 g/mol. The Morgan fingerprint density at radius 2 is 2.50 bits per heavy atom. The minimum Gasteiger partial charge on any atom is -0.241 e. The lowest BCUT2D eigenvalue weighted by atomic mass is 10.3. The summed E-state index contributed by atoms with van der Waals surface area (Å²) in [5.74, 6) is 0. The van der Waals surface area contributed by atoms with Gasteiger partial charge in [-0.2, -0.15) is 0 Å². The molecule has 0 bridgehead atoms. The predicted octanol–water partition coefficient (Wildman–Crippen LogP) is 1.50. The second-order valence-electron chi connectivity index (χ2n) is 1.34. The van der Waals surface area contributed by atoms with Crippen molar-refractivity contribution in [2.24, 2.45) is 0 Å². The number of hydrogen-bond acceptors (Lipinski definition) is 0. The maximum Gasteiger partial charge on any atom is 0.135 e. The molecule has 0 aromatic carbocycles. The van der Waals surface area contributed by atoms with Gasteiger partial charge in [-0.1, -0.05) is 0 Å². The Kier molecular flexibility index (Phi) is 1.22. The molecule has 0 saturated carbocycles. The van der Waals surface area contributed by atoms with Gasteiger partial charge in [0.05, 0.1) is 0 Å². The van der Waals surface area contributed by atoms with Gasteiger partial charge in [0.2, 0.25) is 0 Å². The van der Waals surface area contributed by atoms with Crippen molar-refractivity contribution in [2.45, 2.75) is 13.1 Å². The van der Waals surface area contributed by atoms with Crippen LogP contribution >= 0.6 is 20.7 Å². The van der Waals surface area contributed by atoms with E-state index < -0.39 is 6.17 Å². The Bertz CT molecular complexity index is 87.5. The number of hydrogen-bond donors (Lipinski definition) is 0. The Labute approximate surface area is 46.5 Å². The highest BCUT2D eigenvalue weighted by Crippen LogP contribution is 2.20. The molecule has 36 valence electrons. The van der Waals surface area contributed by atoms with Crippen molar-refractivity contribution in [3.8, 4) is 0 Å². The number of halogens is 2. The van der Waals surface area contributed by atoms with Gasteiger partial charge in [0.25, 0.3) is 0 Å². The summed E-state index contributed by atoms with van der Waals surface area (Å²) in [7, 11) is 0. The third kappa shape index (κ3) is 0.622. The van der Waals surface area contributed by atoms with Gasteiger partial charge in [-0.05, 0) is 10.4 Å². The Balaban J connectivity index is 2.51. The minimum atomic E-state index is -0.502. The Morgan fingerprint density at radius 1 is 2.00 bits per heavy atom. The number of alkyl halides is 2. The average molecular weight is 200 g/mol. The highest BCUT2D eigenvalue weighted by atomic mass is 127. The van der Waals surface area contributed by atoms with E-state index in [1.54, 1.807) is 0 Å². The third-order valence-corrected chi connectivity index (χ3v) is 3.95. The third-order valence-electron chi connectivity index (χ3n) is 0.855. The van der Waals surface area contributed by atoms with E-state index in [9.17, 15) is 4.39 Å². The summed E-state index contributed by atoms with van der Waals surface area (Å²) in [6.45, 7) is 1.92. The second-order valence-corrected chi connectivity index (χ2v) is 4.69. The van der Waals surface area contributed by atoms with Crippen molar-refractivity contribution in [1.29, 1.82) is 0 Å². The van der Waals surface area contributed by atoms with E-state index in [0.717, 1.165) is 7.94 Å². The van der Waals surface area contributed by atoms with Crippen molar-refractivity contribution in [3.63, 3.8) is 0 Å². The van der Waals surface area contributed by atoms with Gasteiger partial charge in [0, 0.05) is 4.43 Å². The second kappa shape index (κ2) is 1.56. The van der Waals surface area contributed by atoms with Crippen molar-refractivity contribution >= 4 is 24.2 Å². The fraction of sp³-hybridized carbons (Fsp3) is 0.750. The smallest absolute Gasteiger partial charge is 0.135 e. The highest BCUT2D eigenvalue weighted by molar-refractivity contribution is 14.2. The molecule has 1 heterocycles. The zero-order chi connectivity index (χ0) is 4.57. The molecular formula is C4H6FI. The average Bonchev–Trinajstić information content (AvgIpc) is 1.61. The van der Waals surface area contributed by atoms with Gasteiger partial charge in [0.15, 0.2) is 0 Å². The van der Waals surface area contributed by atoms with E-state index in [1.807, 2.05) is 6.92 Å². The zero-order valence-electron chi connectivity index (χ0n) is 3.54. The first kappa shape index (κ1) is 4.68. The van der Waals surface area contributed by atoms with Crippen LogP contribution in [0.3, 0.4) is 0 Å². The lowest BCUT2D eigenvalue weighted by molar-refractivity contribution is 0.465. The molecule has 0 radical (unpaired) electrons. The minimum absolute atomic E-state index is 0.230. The summed E-state index contributed by atoms with van der Waals surface area (Å²) in [4.78, 5) is 0. The van der Waals surface area contributed by atoms with Crippen LogP contribution in [0.2, 0.25) is 0 Å². The first-order valence-corrected chi connectivity index (χ1v) is 4.48. The van der Waals surface area contributed by atoms with Gasteiger partial charge in [-0.15, -0.1) is 20.7 Å². The normalized spacial score (nSPS) is 33.0. The fourth-order valence-electron chi connectivity index (χ4n) is 0.290. The zero-order valence-corrected chi connectivity index (χ0v) is 5.70. The molecule has 6 heavy (non-hydrogen) atoms. The van der Waals surface area contributed by atoms with E-state index >= 15 is 0 Å². The standard InChI is InChI=1S/C4H6FI/c1-3-4(5)2-6-3/h4H,2H2,1H3. The van der Waals surface area contributed by atoms with Crippen LogP contribution in [0, 0.1) is 0 Å². The summed E-state index contributed by atoms with van der Waals surface area (Å²) < 4.78 is 13.9. The van der Waals surface area contributed by atoms with E-state index in [2.05, 4.69) is 0 Å². The highest BCUT2D eigenvalue weighted by Gasteiger charge is 2.15. The molecule has 1 aliphatic heterocycles. The van der Waals surface area contributed by atoms with Crippen LogP contribution in [0.5, 0.6) is 0 Å². The fourth-order valence-corrected chi connectivity index (χ4v) is 1.94. The molecule has 0 aliphatic carbocycles. The molecule has 1 atom stereocenters. The molecule has 0 aromatic rings. The maximum atomic E-state index is 11.9. The summed E-state index contributed by atoms with van der Waals surface area (Å²) >= 11 is 0.230. The van der Waals surface area contributed by atoms with E-state index in [4.69, 9.17) is 0 Å². The molecule has 0 N–H and O–H groups in total. The van der Waals surface area contributed by atoms with Gasteiger partial charge in [-0.3, -0.25) is 0 Å². The van der Waals surface area contributed by atoms with Crippen LogP contribution in [0.1, 0.15) is 6.92 Å². The number of rotatable bonds is 0. The Hall–Kier alpha value is 0.530. The van der Waals surface area contributed by atoms with Crippen molar-refractivity contribution in [1.82, 2.24) is 0 Å². The first-order chi connectivity index (χ1) is 2.80. The molecule has 0 amide bonds. The van der Waals surface area contributed by atoms with Crippen molar-refractivity contribution in [3.05, 3.63) is 0 Å². The Morgan fingerprint density at radius 3 is 2.50 bits per heavy atom. The predicted molar refractivity (Wildman–Crippen MR) is 34.5 cm³/mol. The summed E-state index contributed by atoms with van der Waals surface area (Å²) in [6, 6.07) is 0. The molecule has 0 saturated heterocycles. The van der Waals surface area contributed by atoms with E-state index in [1.165, 1.54) is 0 Å². The van der Waals surface area contributed by atoms with Gasteiger partial charge < -0.3 is 0 Å². The maximum absolute atomic E-state index is 11.9. The largest absolute Gasteiger partial charge is 0.241 e. The molecule has 1 unspecified atom stereocenters. The summed E-state index contributed by atoms with van der Waals surface area (Å²) in [5.41, 5.74) is 0. The molecule has 2 heteroatoms. The summed E-state index contributed by atoms with van der Waals surface area (Å²) in [6.07, 6.45) is -0.502. The topological polar surface area (TPSA) is 0 Å². The molecule has 0 fully saturated rings. The molecule has 0 aromatic heterocycles. The molecular weight excluding hydrogens is 194 g/mol. The van der Waals surface area contributed by atoms with Crippen LogP contribution < -0.4 is 0 Å². The van der Waals surface area contributed by atoms with Gasteiger partial charge >= 0.3 is 0 Å². The summed E-state index contributed by atoms with van der Waals surface area (Å²) in [5, 5.41) is 0. The quantitative estimate of drug-likeness (QED) is 0.410. The first-order valence-electron chi connectivity index (χ1n) is 1.87. The van der Waals surface area contributed by atoms with E-state index in [-0.39, 0.29) is 20.7 Å². The van der Waals surface area contributed by atoms with Crippen LogP contribution in [-0.2, 0) is 0 Å². The van der Waals surface area contributed by atoms with Crippen LogP contribution in [0.25, 0.3) is 0 Å². The van der Waals surface area contributed by atoms with Gasteiger partial charge in [0.1, 0.15) is 6.17 Å². The lowest BCUT2D eigenvalue weighted by Gasteiger charge is -2.12. The van der Waals surface area contributed by atoms with Gasteiger partial charge in [-0.25, -0.2) is 4.39 Å². The van der Waals surface area contributed by atoms with Crippen molar-refractivity contribution < 1.29 is 4.39 Å². The van der Waals surface area contributed by atoms with Crippen molar-refractivity contribution in [2.75, 3.05) is 4.43 Å². The molecule has 1 aliphatic rings.